The summed E-state index contributed by atoms with van der Waals surface area (Å²) in [6, 6.07) is -9.58. The Kier molecular flexibility index (Phi) is 27.7. The number of hydrogen-bond donors (Lipinski definition) is 13. The van der Waals surface area contributed by atoms with Gasteiger partial charge in [0.15, 0.2) is 0 Å². The normalized spacial score (nSPS) is 15.6. The molecule has 0 unspecified atom stereocenters. The maximum Gasteiger partial charge on any atom is 0.326 e. The molecule has 0 saturated heterocycles. The number of amides is 7. The SMILES string of the molecule is CC[C@H](C)[C@H](N)C(=O)N[C@@H](CCCCN)C(=O)N[C@@H](CCC(=O)O)C(=O)N[C@@H](C)C(=O)N[C@@H](C)C(=O)N[C@@H](C)C(=O)N[C@@H](CCCCN)C(=O)N[C@@H](CCCCN)C(=O)O. The zero-order chi connectivity index (χ0) is 45.9. The number of nitrogens with one attached hydrogen (secondary N) is 7. The van der Waals surface area contributed by atoms with Gasteiger partial charge in [-0.1, -0.05) is 20.3 Å². The van der Waals surface area contributed by atoms with Crippen LogP contribution >= 0.6 is 0 Å². The Bertz CT molecular complexity index is 1420. The first-order valence-corrected chi connectivity index (χ1v) is 20.7. The fourth-order valence-corrected chi connectivity index (χ4v) is 5.62. The summed E-state index contributed by atoms with van der Waals surface area (Å²) in [4.78, 5) is 115. The molecule has 9 atom stereocenters. The summed E-state index contributed by atoms with van der Waals surface area (Å²) in [7, 11) is 0. The third-order valence-corrected chi connectivity index (χ3v) is 9.82. The molecular formula is C38H71N11O11. The molecule has 22 heteroatoms. The first kappa shape index (κ1) is 55.1. The van der Waals surface area contributed by atoms with E-state index in [9.17, 15) is 53.4 Å². The molecule has 22 nitrogen and oxygen atoms in total. The number of aliphatic carboxylic acids is 2. The molecule has 0 aliphatic heterocycles. The van der Waals surface area contributed by atoms with E-state index in [1.165, 1.54) is 20.8 Å². The number of carbonyl (C=O) groups excluding carboxylic acids is 7. The van der Waals surface area contributed by atoms with E-state index in [1.54, 1.807) is 6.92 Å². The van der Waals surface area contributed by atoms with Gasteiger partial charge in [-0.25, -0.2) is 4.79 Å². The second-order valence-electron chi connectivity index (χ2n) is 15.0. The number of hydrogen-bond acceptors (Lipinski definition) is 13. The highest BCUT2D eigenvalue weighted by Gasteiger charge is 2.32. The standard InChI is InChI=1S/C38H71N11O11/c1-6-21(2)30(42)37(58)48-26(14-8-11-19-40)35(56)47-27(16-17-29(50)51)34(55)45-23(4)32(53)43-22(3)31(52)44-24(5)33(54)46-25(13-7-10-18-39)36(57)49-28(38(59)60)15-9-12-20-41/h21-28,30H,6-20,39-42H2,1-5H3,(H,43,53)(H,44,52)(H,45,55)(H,46,54)(H,47,56)(H,48,58)(H,49,57)(H,50,51)(H,59,60)/t21-,22-,23-,24-,25-,26-,27-,28-,30-/m0/s1. The van der Waals surface area contributed by atoms with Gasteiger partial charge in [-0.2, -0.15) is 0 Å². The predicted octanol–water partition coefficient (Wildman–Crippen LogP) is -2.85. The van der Waals surface area contributed by atoms with E-state index in [1.807, 2.05) is 6.92 Å². The molecule has 0 aliphatic carbocycles. The van der Waals surface area contributed by atoms with E-state index in [-0.39, 0.29) is 31.6 Å². The van der Waals surface area contributed by atoms with Crippen molar-refractivity contribution in [2.24, 2.45) is 28.9 Å². The van der Waals surface area contributed by atoms with Crippen molar-refractivity contribution in [3.8, 4) is 0 Å². The fraction of sp³-hybridized carbons (Fsp3) is 0.763. The quantitative estimate of drug-likeness (QED) is 0.0303. The number of unbranched alkanes of at least 4 members (excludes halogenated alkanes) is 3. The molecule has 0 aromatic heterocycles. The van der Waals surface area contributed by atoms with Crippen molar-refractivity contribution in [2.75, 3.05) is 19.6 Å². The van der Waals surface area contributed by atoms with E-state index >= 15 is 0 Å². The first-order valence-electron chi connectivity index (χ1n) is 20.7. The van der Waals surface area contributed by atoms with Crippen LogP contribution in [0, 0.1) is 5.92 Å². The van der Waals surface area contributed by atoms with Gasteiger partial charge in [-0.15, -0.1) is 0 Å². The third kappa shape index (κ3) is 21.9. The van der Waals surface area contributed by atoms with Gasteiger partial charge in [0.05, 0.1) is 6.04 Å². The molecule has 0 bridgehead atoms. The lowest BCUT2D eigenvalue weighted by Gasteiger charge is -2.26. The Hall–Kier alpha value is -4.93. The predicted molar refractivity (Wildman–Crippen MR) is 221 cm³/mol. The molecule has 0 heterocycles. The van der Waals surface area contributed by atoms with Crippen LogP contribution in [0.5, 0.6) is 0 Å². The molecule has 17 N–H and O–H groups in total. The molecule has 7 amide bonds. The molecule has 0 rings (SSSR count). The van der Waals surface area contributed by atoms with Gasteiger partial charge in [0.2, 0.25) is 41.4 Å². The minimum atomic E-state index is -1.44. The zero-order valence-corrected chi connectivity index (χ0v) is 35.7. The smallest absolute Gasteiger partial charge is 0.326 e. The summed E-state index contributed by atoms with van der Waals surface area (Å²) < 4.78 is 0. The van der Waals surface area contributed by atoms with Gasteiger partial charge in [0.1, 0.15) is 42.3 Å². The van der Waals surface area contributed by atoms with Gasteiger partial charge >= 0.3 is 11.9 Å². The van der Waals surface area contributed by atoms with Crippen molar-refractivity contribution in [3.63, 3.8) is 0 Å². The first-order chi connectivity index (χ1) is 28.2. The van der Waals surface area contributed by atoms with Crippen LogP contribution in [-0.2, 0) is 43.2 Å². The van der Waals surface area contributed by atoms with Crippen molar-refractivity contribution < 1.29 is 53.4 Å². The molecule has 344 valence electrons. The Morgan fingerprint density at radius 3 is 1.15 bits per heavy atom. The number of carbonyl (C=O) groups is 9. The Balaban J connectivity index is 5.66. The molecule has 0 aliphatic rings. The van der Waals surface area contributed by atoms with E-state index in [4.69, 9.17) is 22.9 Å². The van der Waals surface area contributed by atoms with Crippen molar-refractivity contribution in [3.05, 3.63) is 0 Å². The summed E-state index contributed by atoms with van der Waals surface area (Å²) in [6.45, 7) is 8.60. The third-order valence-electron chi connectivity index (χ3n) is 9.82. The van der Waals surface area contributed by atoms with Gasteiger partial charge in [-0.05, 0) is 111 Å². The van der Waals surface area contributed by atoms with Crippen LogP contribution in [0.3, 0.4) is 0 Å². The highest BCUT2D eigenvalue weighted by atomic mass is 16.4. The van der Waals surface area contributed by atoms with Crippen LogP contribution in [-0.4, -0.2) is 131 Å². The van der Waals surface area contributed by atoms with Gasteiger partial charge in [-0.3, -0.25) is 38.4 Å². The summed E-state index contributed by atoms with van der Waals surface area (Å²) in [5, 5.41) is 36.2. The number of carboxylic acid groups (broad SMARTS) is 2. The lowest BCUT2D eigenvalue weighted by molar-refractivity contribution is -0.142. The summed E-state index contributed by atoms with van der Waals surface area (Å²) in [6.07, 6.45) is 3.12. The fourth-order valence-electron chi connectivity index (χ4n) is 5.62. The summed E-state index contributed by atoms with van der Waals surface area (Å²) in [5.74, 6) is -8.08. The average molecular weight is 858 g/mol. The van der Waals surface area contributed by atoms with Crippen molar-refractivity contribution in [2.45, 2.75) is 160 Å². The Morgan fingerprint density at radius 1 is 0.450 bits per heavy atom. The molecule has 0 saturated carbocycles. The average Bonchev–Trinajstić information content (AvgIpc) is 3.19. The molecule has 0 aromatic carbocycles. The Morgan fingerprint density at radius 2 is 0.767 bits per heavy atom. The van der Waals surface area contributed by atoms with Crippen LogP contribution in [0.1, 0.15) is 112 Å². The van der Waals surface area contributed by atoms with Crippen molar-refractivity contribution in [1.29, 1.82) is 0 Å². The highest BCUT2D eigenvalue weighted by Crippen LogP contribution is 2.10. The number of carboxylic acids is 2. The molecule has 0 radical (unpaired) electrons. The molecule has 0 aromatic rings. The van der Waals surface area contributed by atoms with E-state index in [2.05, 4.69) is 37.2 Å². The van der Waals surface area contributed by atoms with Crippen LogP contribution in [0.25, 0.3) is 0 Å². The van der Waals surface area contributed by atoms with Crippen LogP contribution in [0.4, 0.5) is 0 Å². The van der Waals surface area contributed by atoms with Crippen molar-refractivity contribution >= 4 is 53.3 Å². The maximum atomic E-state index is 13.4. The van der Waals surface area contributed by atoms with Gasteiger partial charge < -0.3 is 70.4 Å². The van der Waals surface area contributed by atoms with Crippen LogP contribution in [0.2, 0.25) is 0 Å². The topological polar surface area (TPSA) is 382 Å². The zero-order valence-electron chi connectivity index (χ0n) is 35.7. The number of rotatable bonds is 32. The van der Waals surface area contributed by atoms with Gasteiger partial charge in [0, 0.05) is 6.42 Å². The minimum absolute atomic E-state index is 0.133. The van der Waals surface area contributed by atoms with Crippen molar-refractivity contribution in [1.82, 2.24) is 37.2 Å². The summed E-state index contributed by atoms with van der Waals surface area (Å²) in [5.41, 5.74) is 22.7. The second kappa shape index (κ2) is 30.1. The maximum absolute atomic E-state index is 13.4. The Labute approximate surface area is 351 Å². The minimum Gasteiger partial charge on any atom is -0.481 e. The number of nitrogens with two attached hydrogens (primary N) is 4. The second-order valence-corrected chi connectivity index (χ2v) is 15.0. The van der Waals surface area contributed by atoms with Gasteiger partial charge in [0.25, 0.3) is 0 Å². The monoisotopic (exact) mass is 858 g/mol. The van der Waals surface area contributed by atoms with Crippen LogP contribution in [0.15, 0.2) is 0 Å². The molecular weight excluding hydrogens is 786 g/mol. The molecule has 0 spiro atoms. The van der Waals surface area contributed by atoms with E-state index < -0.39 is 108 Å². The molecule has 60 heavy (non-hydrogen) atoms. The van der Waals surface area contributed by atoms with Crippen LogP contribution < -0.4 is 60.2 Å². The lowest BCUT2D eigenvalue weighted by Crippen LogP contribution is -2.59. The highest BCUT2D eigenvalue weighted by molar-refractivity contribution is 5.97. The summed E-state index contributed by atoms with van der Waals surface area (Å²) >= 11 is 0. The van der Waals surface area contributed by atoms with E-state index in [0.717, 1.165) is 0 Å². The largest absolute Gasteiger partial charge is 0.481 e. The lowest BCUT2D eigenvalue weighted by atomic mass is 9.98. The molecule has 0 fully saturated rings. The van der Waals surface area contributed by atoms with E-state index in [0.29, 0.717) is 64.6 Å².